The molecule has 0 bridgehead atoms. The number of hydrogen-bond acceptors (Lipinski definition) is 3. The normalized spacial score (nSPS) is 10.2. The van der Waals surface area contributed by atoms with Crippen molar-refractivity contribution in [2.75, 3.05) is 13.2 Å². The highest BCUT2D eigenvalue weighted by Gasteiger charge is 2.05. The molecule has 1 aromatic carbocycles. The third kappa shape index (κ3) is 4.45. The molecule has 0 heterocycles. The van der Waals surface area contributed by atoms with E-state index in [0.29, 0.717) is 24.5 Å². The van der Waals surface area contributed by atoms with E-state index in [-0.39, 0.29) is 11.8 Å². The topological polar surface area (TPSA) is 81.4 Å². The maximum absolute atomic E-state index is 11.3. The molecule has 0 aromatic heterocycles. The van der Waals surface area contributed by atoms with Crippen molar-refractivity contribution in [2.45, 2.75) is 13.8 Å². The number of carbonyl (C=O) groups is 2. The summed E-state index contributed by atoms with van der Waals surface area (Å²) < 4.78 is 5.40. The predicted octanol–water partition coefficient (Wildman–Crippen LogP) is 0.936. The molecule has 0 aliphatic carbocycles. The number of primary amides is 1. The number of rotatable bonds is 6. The third-order valence-electron chi connectivity index (χ3n) is 2.33. The van der Waals surface area contributed by atoms with Crippen LogP contribution in [-0.2, 0) is 4.79 Å². The summed E-state index contributed by atoms with van der Waals surface area (Å²) in [5.41, 5.74) is 5.56. The van der Waals surface area contributed by atoms with Crippen molar-refractivity contribution in [1.29, 1.82) is 0 Å². The molecular formula is C13H18N2O3. The van der Waals surface area contributed by atoms with Crippen LogP contribution in [0.1, 0.15) is 24.2 Å². The first kappa shape index (κ1) is 14.0. The van der Waals surface area contributed by atoms with Gasteiger partial charge in [0.2, 0.25) is 11.8 Å². The molecule has 0 spiro atoms. The number of nitrogens with two attached hydrogens (primary N) is 1. The molecule has 0 unspecified atom stereocenters. The van der Waals surface area contributed by atoms with E-state index in [1.165, 1.54) is 0 Å². The van der Waals surface area contributed by atoms with Crippen LogP contribution in [0.2, 0.25) is 0 Å². The van der Waals surface area contributed by atoms with Gasteiger partial charge in [-0.3, -0.25) is 9.59 Å². The molecule has 2 amide bonds. The average Bonchev–Trinajstić information content (AvgIpc) is 2.34. The Bertz CT molecular complexity index is 413. The Morgan fingerprint density at radius 3 is 2.39 bits per heavy atom. The fraction of sp³-hybridized carbons (Fsp3) is 0.385. The zero-order chi connectivity index (χ0) is 13.5. The first-order valence-electron chi connectivity index (χ1n) is 5.81. The lowest BCUT2D eigenvalue weighted by atomic mass is 10.2. The lowest BCUT2D eigenvalue weighted by molar-refractivity contribution is -0.124. The molecule has 5 nitrogen and oxygen atoms in total. The Kier molecular flexibility index (Phi) is 5.17. The Balaban J connectivity index is 2.31. The summed E-state index contributed by atoms with van der Waals surface area (Å²) >= 11 is 0. The molecule has 1 rings (SSSR count). The summed E-state index contributed by atoms with van der Waals surface area (Å²) in [6, 6.07) is 6.55. The van der Waals surface area contributed by atoms with Crippen LogP contribution in [0.3, 0.4) is 0 Å². The molecule has 5 heteroatoms. The number of hydrogen-bond donors (Lipinski definition) is 2. The van der Waals surface area contributed by atoms with E-state index in [1.54, 1.807) is 24.3 Å². The van der Waals surface area contributed by atoms with Crippen molar-refractivity contribution in [3.63, 3.8) is 0 Å². The molecule has 0 aliphatic rings. The third-order valence-corrected chi connectivity index (χ3v) is 2.33. The van der Waals surface area contributed by atoms with E-state index in [4.69, 9.17) is 10.5 Å². The van der Waals surface area contributed by atoms with Gasteiger partial charge in [-0.25, -0.2) is 0 Å². The molecule has 0 atom stereocenters. The molecule has 0 radical (unpaired) electrons. The minimum Gasteiger partial charge on any atom is -0.492 e. The van der Waals surface area contributed by atoms with Crippen LogP contribution in [0, 0.1) is 5.92 Å². The van der Waals surface area contributed by atoms with Gasteiger partial charge in [-0.2, -0.15) is 0 Å². The standard InChI is InChI=1S/C13H18N2O3/c1-9(2)13(17)15-7-8-18-11-5-3-10(4-6-11)12(14)16/h3-6,9H,7-8H2,1-2H3,(H2,14,16)(H,15,17). The van der Waals surface area contributed by atoms with Gasteiger partial charge in [0, 0.05) is 11.5 Å². The van der Waals surface area contributed by atoms with Crippen LogP contribution < -0.4 is 15.8 Å². The monoisotopic (exact) mass is 250 g/mol. The summed E-state index contributed by atoms with van der Waals surface area (Å²) in [4.78, 5) is 22.1. The molecular weight excluding hydrogens is 232 g/mol. The quantitative estimate of drug-likeness (QED) is 0.737. The SMILES string of the molecule is CC(C)C(=O)NCCOc1ccc(C(N)=O)cc1. The second kappa shape index (κ2) is 6.64. The maximum Gasteiger partial charge on any atom is 0.248 e. The number of nitrogens with one attached hydrogen (secondary N) is 1. The van der Waals surface area contributed by atoms with Gasteiger partial charge in [-0.05, 0) is 24.3 Å². The van der Waals surface area contributed by atoms with E-state index in [1.807, 2.05) is 13.8 Å². The Hall–Kier alpha value is -2.04. The summed E-state index contributed by atoms with van der Waals surface area (Å²) in [7, 11) is 0. The summed E-state index contributed by atoms with van der Waals surface area (Å²) in [5, 5.41) is 2.74. The Morgan fingerprint density at radius 2 is 1.89 bits per heavy atom. The fourth-order valence-electron chi connectivity index (χ4n) is 1.26. The van der Waals surface area contributed by atoms with Crippen LogP contribution in [0.15, 0.2) is 24.3 Å². The van der Waals surface area contributed by atoms with Crippen molar-refractivity contribution in [1.82, 2.24) is 5.32 Å². The predicted molar refractivity (Wildman–Crippen MR) is 68.3 cm³/mol. The zero-order valence-electron chi connectivity index (χ0n) is 10.6. The lowest BCUT2D eigenvalue weighted by Gasteiger charge is -2.09. The molecule has 1 aromatic rings. The van der Waals surface area contributed by atoms with Crippen molar-refractivity contribution < 1.29 is 14.3 Å². The molecule has 0 fully saturated rings. The first-order valence-corrected chi connectivity index (χ1v) is 5.81. The lowest BCUT2D eigenvalue weighted by Crippen LogP contribution is -2.31. The number of benzene rings is 1. The number of carbonyl (C=O) groups excluding carboxylic acids is 2. The van der Waals surface area contributed by atoms with E-state index in [9.17, 15) is 9.59 Å². The summed E-state index contributed by atoms with van der Waals surface area (Å²) in [6.07, 6.45) is 0. The van der Waals surface area contributed by atoms with E-state index in [2.05, 4.69) is 5.32 Å². The Labute approximate surface area is 106 Å². The Morgan fingerprint density at radius 1 is 1.28 bits per heavy atom. The van der Waals surface area contributed by atoms with E-state index in [0.717, 1.165) is 0 Å². The maximum atomic E-state index is 11.3. The molecule has 0 aliphatic heterocycles. The van der Waals surface area contributed by atoms with Crippen LogP contribution in [0.5, 0.6) is 5.75 Å². The van der Waals surface area contributed by atoms with Gasteiger partial charge in [0.25, 0.3) is 0 Å². The van der Waals surface area contributed by atoms with Crippen LogP contribution in [0.25, 0.3) is 0 Å². The highest BCUT2D eigenvalue weighted by molar-refractivity contribution is 5.92. The first-order chi connectivity index (χ1) is 8.50. The van der Waals surface area contributed by atoms with Crippen molar-refractivity contribution in [2.24, 2.45) is 11.7 Å². The average molecular weight is 250 g/mol. The second-order valence-corrected chi connectivity index (χ2v) is 4.18. The highest BCUT2D eigenvalue weighted by atomic mass is 16.5. The van der Waals surface area contributed by atoms with Crippen molar-refractivity contribution in [3.05, 3.63) is 29.8 Å². The fourth-order valence-corrected chi connectivity index (χ4v) is 1.26. The highest BCUT2D eigenvalue weighted by Crippen LogP contribution is 2.11. The minimum absolute atomic E-state index is 0.00248. The van der Waals surface area contributed by atoms with Gasteiger partial charge in [0.05, 0.1) is 6.54 Å². The van der Waals surface area contributed by atoms with E-state index < -0.39 is 5.91 Å². The molecule has 18 heavy (non-hydrogen) atoms. The molecule has 0 saturated carbocycles. The minimum atomic E-state index is -0.467. The number of ether oxygens (including phenoxy) is 1. The van der Waals surface area contributed by atoms with Gasteiger partial charge in [-0.15, -0.1) is 0 Å². The van der Waals surface area contributed by atoms with Gasteiger partial charge in [-0.1, -0.05) is 13.8 Å². The summed E-state index contributed by atoms with van der Waals surface area (Å²) in [5.74, 6) is 0.145. The van der Waals surface area contributed by atoms with Gasteiger partial charge >= 0.3 is 0 Å². The summed E-state index contributed by atoms with van der Waals surface area (Å²) in [6.45, 7) is 4.50. The largest absolute Gasteiger partial charge is 0.492 e. The van der Waals surface area contributed by atoms with Crippen LogP contribution in [0.4, 0.5) is 0 Å². The van der Waals surface area contributed by atoms with Gasteiger partial charge in [0.1, 0.15) is 12.4 Å². The van der Waals surface area contributed by atoms with Crippen molar-refractivity contribution >= 4 is 11.8 Å². The second-order valence-electron chi connectivity index (χ2n) is 4.18. The van der Waals surface area contributed by atoms with Crippen molar-refractivity contribution in [3.8, 4) is 5.75 Å². The smallest absolute Gasteiger partial charge is 0.248 e. The molecule has 98 valence electrons. The van der Waals surface area contributed by atoms with Gasteiger partial charge in [0.15, 0.2) is 0 Å². The van der Waals surface area contributed by atoms with Crippen LogP contribution in [-0.4, -0.2) is 25.0 Å². The number of amides is 2. The molecule has 0 saturated heterocycles. The van der Waals surface area contributed by atoms with Crippen LogP contribution >= 0.6 is 0 Å². The van der Waals surface area contributed by atoms with E-state index >= 15 is 0 Å². The van der Waals surface area contributed by atoms with Gasteiger partial charge < -0.3 is 15.8 Å². The zero-order valence-corrected chi connectivity index (χ0v) is 10.6. The molecule has 3 N–H and O–H groups in total.